The van der Waals surface area contributed by atoms with Gasteiger partial charge in [0, 0.05) is 24.0 Å². The molecule has 37 heavy (non-hydrogen) atoms. The fourth-order valence-electron chi connectivity index (χ4n) is 5.36. The van der Waals surface area contributed by atoms with E-state index in [1.165, 1.54) is 37.2 Å². The highest BCUT2D eigenvalue weighted by Crippen LogP contribution is 2.41. The molecule has 0 atom stereocenters. The predicted molar refractivity (Wildman–Crippen MR) is 147 cm³/mol. The van der Waals surface area contributed by atoms with E-state index in [9.17, 15) is 4.79 Å². The van der Waals surface area contributed by atoms with Crippen LogP contribution in [0.2, 0.25) is 0 Å². The predicted octanol–water partition coefficient (Wildman–Crippen LogP) is 5.93. The summed E-state index contributed by atoms with van der Waals surface area (Å²) in [6.07, 6.45) is 7.09. The maximum Gasteiger partial charge on any atom is 0.361 e. The summed E-state index contributed by atoms with van der Waals surface area (Å²) >= 11 is 1.73. The number of anilines is 1. The molecular formula is C29H36N4O3S. The highest BCUT2D eigenvalue weighted by Gasteiger charge is 2.28. The van der Waals surface area contributed by atoms with Crippen LogP contribution in [0.3, 0.4) is 0 Å². The van der Waals surface area contributed by atoms with E-state index in [2.05, 4.69) is 39.5 Å². The fourth-order valence-corrected chi connectivity index (χ4v) is 6.64. The number of carbonyl (C=O) groups is 1. The third-order valence-corrected chi connectivity index (χ3v) is 8.87. The first-order valence-corrected chi connectivity index (χ1v) is 14.3. The van der Waals surface area contributed by atoms with Crippen molar-refractivity contribution in [1.29, 1.82) is 0 Å². The van der Waals surface area contributed by atoms with Crippen LogP contribution in [0.25, 0.3) is 0 Å². The van der Waals surface area contributed by atoms with E-state index >= 15 is 0 Å². The van der Waals surface area contributed by atoms with Gasteiger partial charge in [-0.2, -0.15) is 0 Å². The molecule has 0 N–H and O–H groups in total. The Kier molecular flexibility index (Phi) is 8.34. The van der Waals surface area contributed by atoms with E-state index in [-0.39, 0.29) is 0 Å². The number of thioether (sulfide) groups is 1. The van der Waals surface area contributed by atoms with Gasteiger partial charge in [-0.3, -0.25) is 0 Å². The highest BCUT2D eigenvalue weighted by molar-refractivity contribution is 7.99. The zero-order chi connectivity index (χ0) is 25.6. The summed E-state index contributed by atoms with van der Waals surface area (Å²) in [6, 6.07) is 17.2. The molecule has 2 heterocycles. The second-order valence-corrected chi connectivity index (χ2v) is 11.1. The lowest BCUT2D eigenvalue weighted by Gasteiger charge is -2.29. The van der Waals surface area contributed by atoms with Crippen LogP contribution in [-0.2, 0) is 11.3 Å². The Balaban J connectivity index is 1.25. The molecule has 1 aliphatic heterocycles. The largest absolute Gasteiger partial charge is 0.497 e. The maximum absolute atomic E-state index is 12.6. The van der Waals surface area contributed by atoms with Crippen molar-refractivity contribution in [3.8, 4) is 5.75 Å². The van der Waals surface area contributed by atoms with Gasteiger partial charge in [0.25, 0.3) is 0 Å². The molecule has 1 aliphatic carbocycles. The number of nitrogens with zero attached hydrogens (tertiary/aromatic N) is 4. The van der Waals surface area contributed by atoms with Crippen LogP contribution in [0.5, 0.6) is 5.75 Å². The van der Waals surface area contributed by atoms with Crippen molar-refractivity contribution in [3.63, 3.8) is 0 Å². The minimum Gasteiger partial charge on any atom is -0.497 e. The van der Waals surface area contributed by atoms with E-state index < -0.39 is 5.97 Å². The number of rotatable bonds is 9. The number of aromatic nitrogens is 3. The van der Waals surface area contributed by atoms with Gasteiger partial charge in [0.1, 0.15) is 10.8 Å². The number of esters is 1. The molecule has 1 saturated heterocycles. The molecule has 1 aromatic heterocycles. The molecule has 2 fully saturated rings. The van der Waals surface area contributed by atoms with Crippen LogP contribution in [0.4, 0.5) is 5.69 Å². The van der Waals surface area contributed by atoms with Gasteiger partial charge >= 0.3 is 5.97 Å². The SMILES string of the molecule is CCOC(=O)c1nnn(Cc2ccc(OC)cc2)c1SC1CCC(c2ccc(N3CCCC3)cc2)CC1. The van der Waals surface area contributed by atoms with Gasteiger partial charge in [0.05, 0.1) is 20.3 Å². The minimum atomic E-state index is -0.405. The number of hydrogen-bond acceptors (Lipinski definition) is 7. The molecule has 0 amide bonds. The van der Waals surface area contributed by atoms with Crippen LogP contribution in [0, 0.1) is 0 Å². The number of ether oxygens (including phenoxy) is 2. The molecule has 0 unspecified atom stereocenters. The minimum absolute atomic E-state index is 0.315. The average molecular weight is 521 g/mol. The molecular weight excluding hydrogens is 484 g/mol. The van der Waals surface area contributed by atoms with Crippen molar-refractivity contribution in [2.45, 2.75) is 68.2 Å². The van der Waals surface area contributed by atoms with Gasteiger partial charge in [-0.1, -0.05) is 29.5 Å². The van der Waals surface area contributed by atoms with E-state index in [1.807, 2.05) is 35.9 Å². The molecule has 8 heteroatoms. The summed E-state index contributed by atoms with van der Waals surface area (Å²) in [4.78, 5) is 15.1. The average Bonchev–Trinajstić information content (AvgIpc) is 3.61. The molecule has 196 valence electrons. The Hall–Kier alpha value is -3.00. The first-order valence-electron chi connectivity index (χ1n) is 13.4. The lowest BCUT2D eigenvalue weighted by molar-refractivity contribution is 0.0515. The van der Waals surface area contributed by atoms with E-state index in [0.29, 0.717) is 30.0 Å². The first kappa shape index (κ1) is 25.6. The summed E-state index contributed by atoms with van der Waals surface area (Å²) in [5, 5.41) is 9.78. The van der Waals surface area contributed by atoms with Crippen LogP contribution < -0.4 is 9.64 Å². The molecule has 2 aliphatic rings. The van der Waals surface area contributed by atoms with Crippen LogP contribution in [0.15, 0.2) is 53.6 Å². The van der Waals surface area contributed by atoms with Crippen LogP contribution in [-0.4, -0.2) is 53.0 Å². The number of hydrogen-bond donors (Lipinski definition) is 0. The summed E-state index contributed by atoms with van der Waals surface area (Å²) in [7, 11) is 1.66. The lowest BCUT2D eigenvalue weighted by Crippen LogP contribution is -2.18. The van der Waals surface area contributed by atoms with Gasteiger partial charge in [0.15, 0.2) is 0 Å². The van der Waals surface area contributed by atoms with Gasteiger partial charge in [0.2, 0.25) is 5.69 Å². The molecule has 5 rings (SSSR count). The summed E-state index contributed by atoms with van der Waals surface area (Å²) in [6.45, 7) is 5.03. The van der Waals surface area contributed by atoms with Crippen molar-refractivity contribution in [2.24, 2.45) is 0 Å². The molecule has 2 aromatic carbocycles. The highest BCUT2D eigenvalue weighted by atomic mass is 32.2. The normalized spacial score (nSPS) is 19.7. The maximum atomic E-state index is 12.6. The number of carbonyl (C=O) groups excluding carboxylic acids is 1. The van der Waals surface area contributed by atoms with Crippen LogP contribution in [0.1, 0.15) is 73.0 Å². The Labute approximate surface area is 223 Å². The van der Waals surface area contributed by atoms with Gasteiger partial charge in [-0.15, -0.1) is 16.9 Å². The Morgan fingerprint density at radius 2 is 1.70 bits per heavy atom. The first-order chi connectivity index (χ1) is 18.1. The lowest BCUT2D eigenvalue weighted by atomic mass is 9.84. The number of benzene rings is 2. The van der Waals surface area contributed by atoms with Crippen molar-refractivity contribution in [3.05, 3.63) is 65.4 Å². The third-order valence-electron chi connectivity index (χ3n) is 7.44. The Bertz CT molecular complexity index is 1160. The molecule has 7 nitrogen and oxygen atoms in total. The van der Waals surface area contributed by atoms with Crippen molar-refractivity contribution in [2.75, 3.05) is 31.7 Å². The smallest absolute Gasteiger partial charge is 0.361 e. The fraction of sp³-hybridized carbons (Fsp3) is 0.483. The quantitative estimate of drug-likeness (QED) is 0.324. The summed E-state index contributed by atoms with van der Waals surface area (Å²) in [5.41, 5.74) is 4.20. The van der Waals surface area contributed by atoms with Gasteiger partial charge in [-0.05, 0) is 86.8 Å². The zero-order valence-corrected chi connectivity index (χ0v) is 22.6. The second kappa shape index (κ2) is 12.0. The zero-order valence-electron chi connectivity index (χ0n) is 21.8. The van der Waals surface area contributed by atoms with Gasteiger partial charge < -0.3 is 14.4 Å². The molecule has 0 radical (unpaired) electrons. The molecule has 0 bridgehead atoms. The molecule has 0 spiro atoms. The topological polar surface area (TPSA) is 69.5 Å². The number of methoxy groups -OCH3 is 1. The monoisotopic (exact) mass is 520 g/mol. The summed E-state index contributed by atoms with van der Waals surface area (Å²) < 4.78 is 12.4. The van der Waals surface area contributed by atoms with E-state index in [0.717, 1.165) is 42.0 Å². The van der Waals surface area contributed by atoms with Crippen molar-refractivity contribution in [1.82, 2.24) is 15.0 Å². The van der Waals surface area contributed by atoms with Crippen LogP contribution >= 0.6 is 11.8 Å². The Morgan fingerprint density at radius 1 is 1.00 bits per heavy atom. The second-order valence-electron chi connectivity index (χ2n) is 9.85. The van der Waals surface area contributed by atoms with Gasteiger partial charge in [-0.25, -0.2) is 9.48 Å². The molecule has 1 saturated carbocycles. The van der Waals surface area contributed by atoms with E-state index in [4.69, 9.17) is 9.47 Å². The van der Waals surface area contributed by atoms with E-state index in [1.54, 1.807) is 18.9 Å². The molecule has 3 aromatic rings. The van der Waals surface area contributed by atoms with Crippen molar-refractivity contribution < 1.29 is 14.3 Å². The Morgan fingerprint density at radius 3 is 2.35 bits per heavy atom. The third kappa shape index (κ3) is 6.12. The summed E-state index contributed by atoms with van der Waals surface area (Å²) in [5.74, 6) is 1.00. The standard InChI is InChI=1S/C29H36N4O3S/c1-3-36-29(34)27-28(33(31-30-27)20-21-6-14-25(35-2)15-7-21)37-26-16-10-23(11-17-26)22-8-12-24(13-9-22)32-18-4-5-19-32/h6-9,12-15,23,26H,3-5,10-11,16-20H2,1-2H3. The van der Waals surface area contributed by atoms with Crippen molar-refractivity contribution >= 4 is 23.4 Å².